The molecule has 7 heteroatoms. The van der Waals surface area contributed by atoms with Crippen LogP contribution in [0.3, 0.4) is 0 Å². The molecule has 3 aromatic rings. The Morgan fingerprint density at radius 3 is 2.25 bits per heavy atom. The Hall–Kier alpha value is -2.64. The molecular weight excluding hydrogens is 440 g/mol. The maximum absolute atomic E-state index is 12.6. The average molecular weight is 459 g/mol. The molecule has 2 N–H and O–H groups in total. The molecular formula is C21H19BrN2O3S. The summed E-state index contributed by atoms with van der Waals surface area (Å²) in [5.41, 5.74) is 3.45. The van der Waals surface area contributed by atoms with Crippen LogP contribution in [-0.4, -0.2) is 14.3 Å². The van der Waals surface area contributed by atoms with Crippen LogP contribution in [0.15, 0.2) is 76.1 Å². The Kier molecular flexibility index (Phi) is 5.86. The Labute approximate surface area is 173 Å². The van der Waals surface area contributed by atoms with Crippen LogP contribution in [0.1, 0.15) is 21.5 Å². The van der Waals surface area contributed by atoms with E-state index >= 15 is 0 Å². The number of halogens is 1. The molecule has 0 aliphatic carbocycles. The van der Waals surface area contributed by atoms with Crippen molar-refractivity contribution in [3.05, 3.63) is 87.9 Å². The van der Waals surface area contributed by atoms with Gasteiger partial charge in [0.05, 0.1) is 16.1 Å². The van der Waals surface area contributed by atoms with Gasteiger partial charge >= 0.3 is 0 Å². The van der Waals surface area contributed by atoms with E-state index in [-0.39, 0.29) is 10.8 Å². The second kappa shape index (κ2) is 8.16. The van der Waals surface area contributed by atoms with Crippen molar-refractivity contribution >= 4 is 43.2 Å². The van der Waals surface area contributed by atoms with E-state index in [2.05, 4.69) is 26.0 Å². The van der Waals surface area contributed by atoms with E-state index in [4.69, 9.17) is 0 Å². The van der Waals surface area contributed by atoms with Crippen molar-refractivity contribution < 1.29 is 13.2 Å². The first-order chi connectivity index (χ1) is 13.3. The number of anilines is 2. The number of rotatable bonds is 5. The lowest BCUT2D eigenvalue weighted by atomic mass is 10.1. The number of carbonyl (C=O) groups excluding carboxylic acids is 1. The Balaban J connectivity index is 1.76. The quantitative estimate of drug-likeness (QED) is 0.556. The summed E-state index contributed by atoms with van der Waals surface area (Å²) in [6.07, 6.45) is 0. The third kappa shape index (κ3) is 4.61. The van der Waals surface area contributed by atoms with Crippen molar-refractivity contribution in [1.29, 1.82) is 0 Å². The van der Waals surface area contributed by atoms with Crippen LogP contribution in [0.2, 0.25) is 0 Å². The minimum Gasteiger partial charge on any atom is -0.322 e. The molecule has 144 valence electrons. The minimum atomic E-state index is -3.72. The number of hydrogen-bond acceptors (Lipinski definition) is 3. The van der Waals surface area contributed by atoms with Gasteiger partial charge in [-0.2, -0.15) is 0 Å². The smallest absolute Gasteiger partial charge is 0.261 e. The molecule has 0 radical (unpaired) electrons. The number of sulfonamides is 1. The summed E-state index contributed by atoms with van der Waals surface area (Å²) in [6.45, 7) is 3.80. The molecule has 5 nitrogen and oxygen atoms in total. The normalized spacial score (nSPS) is 11.1. The van der Waals surface area contributed by atoms with Gasteiger partial charge in [0.25, 0.3) is 15.9 Å². The van der Waals surface area contributed by atoms with Crippen molar-refractivity contribution in [3.8, 4) is 0 Å². The molecule has 0 aromatic heterocycles. The van der Waals surface area contributed by atoms with E-state index in [1.165, 1.54) is 12.1 Å². The van der Waals surface area contributed by atoms with E-state index < -0.39 is 10.0 Å². The molecule has 1 amide bonds. The highest BCUT2D eigenvalue weighted by Gasteiger charge is 2.16. The lowest BCUT2D eigenvalue weighted by molar-refractivity contribution is 0.102. The molecule has 0 unspecified atom stereocenters. The standard InChI is InChI=1S/C21H19BrN2O3S/c1-14-7-12-20(15(2)13-14)24-28(26,27)17-10-8-16(9-11-17)23-21(25)18-5-3-4-6-19(18)22/h3-13,24H,1-2H3,(H,23,25). The molecule has 0 aliphatic rings. The van der Waals surface area contributed by atoms with Gasteiger partial charge in [-0.05, 0) is 77.8 Å². The third-order valence-corrected chi connectivity index (χ3v) is 6.24. The summed E-state index contributed by atoms with van der Waals surface area (Å²) >= 11 is 3.34. The van der Waals surface area contributed by atoms with Gasteiger partial charge in [0, 0.05) is 10.2 Å². The first-order valence-corrected chi connectivity index (χ1v) is 10.8. The predicted molar refractivity (Wildman–Crippen MR) is 115 cm³/mol. The molecule has 0 saturated carbocycles. The molecule has 0 heterocycles. The highest BCUT2D eigenvalue weighted by Crippen LogP contribution is 2.22. The van der Waals surface area contributed by atoms with Crippen LogP contribution >= 0.6 is 15.9 Å². The highest BCUT2D eigenvalue weighted by molar-refractivity contribution is 9.10. The van der Waals surface area contributed by atoms with Crippen molar-refractivity contribution in [2.75, 3.05) is 10.0 Å². The van der Waals surface area contributed by atoms with Crippen LogP contribution in [0.4, 0.5) is 11.4 Å². The average Bonchev–Trinajstić information content (AvgIpc) is 2.65. The van der Waals surface area contributed by atoms with Gasteiger partial charge in [0.2, 0.25) is 0 Å². The van der Waals surface area contributed by atoms with Gasteiger partial charge in [-0.3, -0.25) is 9.52 Å². The predicted octanol–water partition coefficient (Wildman–Crippen LogP) is 5.12. The van der Waals surface area contributed by atoms with E-state index in [9.17, 15) is 13.2 Å². The largest absolute Gasteiger partial charge is 0.322 e. The zero-order valence-electron chi connectivity index (χ0n) is 15.4. The van der Waals surface area contributed by atoms with Gasteiger partial charge in [-0.25, -0.2) is 8.42 Å². The van der Waals surface area contributed by atoms with Crippen LogP contribution in [0, 0.1) is 13.8 Å². The van der Waals surface area contributed by atoms with Crippen LogP contribution in [-0.2, 0) is 10.0 Å². The van der Waals surface area contributed by atoms with E-state index in [1.807, 2.05) is 32.0 Å². The van der Waals surface area contributed by atoms with Gasteiger partial charge < -0.3 is 5.32 Å². The van der Waals surface area contributed by atoms with E-state index in [1.54, 1.807) is 36.4 Å². The molecule has 28 heavy (non-hydrogen) atoms. The van der Waals surface area contributed by atoms with Gasteiger partial charge in [0.15, 0.2) is 0 Å². The maximum atomic E-state index is 12.6. The van der Waals surface area contributed by atoms with Crippen molar-refractivity contribution in [1.82, 2.24) is 0 Å². The number of aryl methyl sites for hydroxylation is 2. The summed E-state index contributed by atoms with van der Waals surface area (Å²) in [5, 5.41) is 2.76. The van der Waals surface area contributed by atoms with E-state index in [0.29, 0.717) is 21.4 Å². The Bertz CT molecular complexity index is 1130. The zero-order valence-corrected chi connectivity index (χ0v) is 17.8. The maximum Gasteiger partial charge on any atom is 0.261 e. The zero-order chi connectivity index (χ0) is 20.3. The number of nitrogens with one attached hydrogen (secondary N) is 2. The van der Waals surface area contributed by atoms with Crippen LogP contribution in [0.5, 0.6) is 0 Å². The monoisotopic (exact) mass is 458 g/mol. The number of benzene rings is 3. The molecule has 0 fully saturated rings. The fraction of sp³-hybridized carbons (Fsp3) is 0.0952. The first-order valence-electron chi connectivity index (χ1n) is 8.52. The highest BCUT2D eigenvalue weighted by atomic mass is 79.9. The molecule has 0 aliphatic heterocycles. The summed E-state index contributed by atoms with van der Waals surface area (Å²) in [5.74, 6) is -0.281. The van der Waals surface area contributed by atoms with Crippen molar-refractivity contribution in [2.24, 2.45) is 0 Å². The molecule has 0 atom stereocenters. The number of carbonyl (C=O) groups is 1. The van der Waals surface area contributed by atoms with Crippen LogP contribution < -0.4 is 10.0 Å². The molecule has 0 spiro atoms. The molecule has 0 bridgehead atoms. The topological polar surface area (TPSA) is 75.3 Å². The van der Waals surface area contributed by atoms with Crippen molar-refractivity contribution in [2.45, 2.75) is 18.7 Å². The fourth-order valence-corrected chi connectivity index (χ4v) is 4.29. The first kappa shape index (κ1) is 20.1. The van der Waals surface area contributed by atoms with Gasteiger partial charge in [0.1, 0.15) is 0 Å². The van der Waals surface area contributed by atoms with Gasteiger partial charge in [-0.15, -0.1) is 0 Å². The minimum absolute atomic E-state index is 0.117. The lowest BCUT2D eigenvalue weighted by Crippen LogP contribution is -2.15. The van der Waals surface area contributed by atoms with Gasteiger partial charge in [-0.1, -0.05) is 29.8 Å². The SMILES string of the molecule is Cc1ccc(NS(=O)(=O)c2ccc(NC(=O)c3ccccc3Br)cc2)c(C)c1. The third-order valence-electron chi connectivity index (χ3n) is 4.17. The molecule has 3 aromatic carbocycles. The van der Waals surface area contributed by atoms with E-state index in [0.717, 1.165) is 11.1 Å². The molecule has 3 rings (SSSR count). The second-order valence-electron chi connectivity index (χ2n) is 6.38. The Morgan fingerprint density at radius 1 is 0.929 bits per heavy atom. The fourth-order valence-electron chi connectivity index (χ4n) is 2.69. The number of amides is 1. The Morgan fingerprint density at radius 2 is 1.61 bits per heavy atom. The summed E-state index contributed by atoms with van der Waals surface area (Å²) < 4.78 is 28.6. The summed E-state index contributed by atoms with van der Waals surface area (Å²) in [6, 6.07) is 18.6. The number of hydrogen-bond donors (Lipinski definition) is 2. The van der Waals surface area contributed by atoms with Crippen molar-refractivity contribution in [3.63, 3.8) is 0 Å². The molecule has 0 saturated heterocycles. The second-order valence-corrected chi connectivity index (χ2v) is 8.92. The lowest BCUT2D eigenvalue weighted by Gasteiger charge is -2.12. The summed E-state index contributed by atoms with van der Waals surface area (Å²) in [4.78, 5) is 12.5. The summed E-state index contributed by atoms with van der Waals surface area (Å²) in [7, 11) is -3.72. The van der Waals surface area contributed by atoms with Crippen LogP contribution in [0.25, 0.3) is 0 Å².